The average molecular weight is 1040 g/mol. The van der Waals surface area contributed by atoms with Gasteiger partial charge in [-0.25, -0.2) is 4.79 Å². The topological polar surface area (TPSA) is 423 Å². The largest absolute Gasteiger partial charge is 0.508 e. The van der Waals surface area contributed by atoms with E-state index in [0.717, 1.165) is 11.8 Å². The normalized spacial score (nSPS) is 17.9. The Bertz CT molecular complexity index is 2140. The summed E-state index contributed by atoms with van der Waals surface area (Å²) in [5, 5.41) is 76.4. The highest BCUT2D eigenvalue weighted by Gasteiger charge is 2.42. The fourth-order valence-corrected chi connectivity index (χ4v) is 7.78. The fourth-order valence-electron chi connectivity index (χ4n) is 7.78. The number of nitrogens with one attached hydrogen (secondary N) is 7. The molecular weight excluding hydrogens is 963 g/mol. The molecule has 1 saturated heterocycles. The Morgan fingerprint density at radius 1 is 0.616 bits per heavy atom. The standard InChI is InChI=1S/C47H73N9O17/c1-9-23(6)36(53-39(64)28(48)17-21(2)3)43(68)55-38(25(8)58)45(70)52-35(22(4)5)42(67)54-37(24(7)57)44(69)50-30(20-34(62)63)46(71)56-16-10-11-32(56)41(66)49-29(19-33(60)61)40(65)51-31(47(72)73)18-26-12-14-27(59)15-13-26/h12-15,21-25,28-32,35-38,57-59H,9-11,16-20,48H2,1-8H3,(H,49,66)(H,50,69)(H,51,65)(H,52,70)(H,53,64)(H,54,67)(H,55,68)(H,60,61)(H,62,63)(H,72,73)/t23-,24+,25+,28-,29-,30-,31-,32-,35-,36-,37-,38-/m0/s1. The van der Waals surface area contributed by atoms with Gasteiger partial charge in [0, 0.05) is 13.0 Å². The number of amides is 8. The molecule has 0 aromatic heterocycles. The van der Waals surface area contributed by atoms with Crippen LogP contribution in [-0.4, -0.2) is 174 Å². The lowest BCUT2D eigenvalue weighted by atomic mass is 9.96. The minimum atomic E-state index is -1.95. The van der Waals surface area contributed by atoms with Crippen LogP contribution in [0.1, 0.15) is 99.5 Å². The maximum atomic E-state index is 14.0. The van der Waals surface area contributed by atoms with Crippen LogP contribution in [0.2, 0.25) is 0 Å². The monoisotopic (exact) mass is 1040 g/mol. The van der Waals surface area contributed by atoms with Crippen LogP contribution in [0, 0.1) is 17.8 Å². The van der Waals surface area contributed by atoms with Crippen molar-refractivity contribution in [2.24, 2.45) is 23.5 Å². The molecule has 0 radical (unpaired) electrons. The molecule has 0 aliphatic carbocycles. The Morgan fingerprint density at radius 3 is 1.56 bits per heavy atom. The number of hydrogen-bond donors (Lipinski definition) is 14. The minimum absolute atomic E-state index is 0.0692. The summed E-state index contributed by atoms with van der Waals surface area (Å²) < 4.78 is 0. The molecule has 1 aromatic carbocycles. The van der Waals surface area contributed by atoms with Gasteiger partial charge in [-0.05, 0) is 68.6 Å². The SMILES string of the molecule is CC[C@H](C)[C@H](NC(=O)[C@@H](N)CC(C)C)C(=O)N[C@H](C(=O)N[C@H](C(=O)N[C@H](C(=O)N[C@@H](CC(=O)O)C(=O)N1CCC[C@H]1C(=O)N[C@@H](CC(=O)O)C(=O)N[C@@H](Cc1ccc(O)cc1)C(=O)O)[C@@H](C)O)C(C)C)[C@@H](C)O. The second-order valence-electron chi connectivity index (χ2n) is 19.1. The molecular formula is C47H73N9O17. The number of hydrogen-bond acceptors (Lipinski definition) is 15. The molecule has 1 aromatic rings. The van der Waals surface area contributed by atoms with E-state index < -0.39 is 156 Å². The van der Waals surface area contributed by atoms with Crippen LogP contribution >= 0.6 is 0 Å². The number of rotatable bonds is 29. The zero-order valence-electron chi connectivity index (χ0n) is 42.2. The molecule has 408 valence electrons. The smallest absolute Gasteiger partial charge is 0.326 e. The molecule has 8 amide bonds. The number of carboxylic acid groups (broad SMARTS) is 3. The van der Waals surface area contributed by atoms with Crippen molar-refractivity contribution in [2.75, 3.05) is 6.54 Å². The quantitative estimate of drug-likeness (QED) is 0.0385. The highest BCUT2D eigenvalue weighted by molar-refractivity contribution is 5.99. The predicted octanol–water partition coefficient (Wildman–Crippen LogP) is -2.81. The Hall–Kier alpha value is -6.93. The summed E-state index contributed by atoms with van der Waals surface area (Å²) in [6.07, 6.45) is -4.89. The highest BCUT2D eigenvalue weighted by Crippen LogP contribution is 2.21. The molecule has 1 aliphatic rings. The number of aliphatic hydroxyl groups excluding tert-OH is 2. The number of nitrogens with two attached hydrogens (primary N) is 1. The molecule has 1 heterocycles. The van der Waals surface area contributed by atoms with Gasteiger partial charge in [-0.2, -0.15) is 0 Å². The van der Waals surface area contributed by atoms with Crippen LogP contribution in [0.25, 0.3) is 0 Å². The number of carbonyl (C=O) groups excluding carboxylic acids is 8. The Kier molecular flexibility index (Phi) is 24.7. The Balaban J connectivity index is 2.29. The van der Waals surface area contributed by atoms with Crippen molar-refractivity contribution in [1.29, 1.82) is 0 Å². The van der Waals surface area contributed by atoms with Gasteiger partial charge < -0.3 is 78.5 Å². The number of likely N-dealkylation sites (tertiary alicyclic amines) is 1. The van der Waals surface area contributed by atoms with Crippen LogP contribution in [0.15, 0.2) is 24.3 Å². The molecule has 0 saturated carbocycles. The van der Waals surface area contributed by atoms with Crippen molar-refractivity contribution in [3.63, 3.8) is 0 Å². The molecule has 1 aliphatic heterocycles. The fraction of sp³-hybridized carbons (Fsp3) is 0.638. The van der Waals surface area contributed by atoms with Gasteiger partial charge in [-0.1, -0.05) is 60.1 Å². The van der Waals surface area contributed by atoms with Crippen molar-refractivity contribution >= 4 is 65.2 Å². The van der Waals surface area contributed by atoms with Gasteiger partial charge in [-0.3, -0.25) is 47.9 Å². The van der Waals surface area contributed by atoms with E-state index in [4.69, 9.17) is 5.73 Å². The van der Waals surface area contributed by atoms with Gasteiger partial charge in [0.1, 0.15) is 54.1 Å². The van der Waals surface area contributed by atoms with Crippen LogP contribution in [0.4, 0.5) is 0 Å². The van der Waals surface area contributed by atoms with Gasteiger partial charge in [0.25, 0.3) is 0 Å². The van der Waals surface area contributed by atoms with Crippen molar-refractivity contribution in [2.45, 2.75) is 167 Å². The summed E-state index contributed by atoms with van der Waals surface area (Å²) in [4.78, 5) is 146. The molecule has 2 rings (SSSR count). The van der Waals surface area contributed by atoms with Gasteiger partial charge in [0.2, 0.25) is 47.3 Å². The van der Waals surface area contributed by atoms with Crippen LogP contribution in [0.3, 0.4) is 0 Å². The summed E-state index contributed by atoms with van der Waals surface area (Å²) in [7, 11) is 0. The number of carboxylic acids is 3. The maximum absolute atomic E-state index is 14.0. The molecule has 73 heavy (non-hydrogen) atoms. The number of carbonyl (C=O) groups is 11. The first-order valence-electron chi connectivity index (χ1n) is 24.0. The van der Waals surface area contributed by atoms with Crippen molar-refractivity contribution < 1.29 is 83.4 Å². The minimum Gasteiger partial charge on any atom is -0.508 e. The lowest BCUT2D eigenvalue weighted by Crippen LogP contribution is -2.64. The number of phenols is 1. The predicted molar refractivity (Wildman–Crippen MR) is 257 cm³/mol. The van der Waals surface area contributed by atoms with E-state index in [9.17, 15) is 83.4 Å². The molecule has 15 N–H and O–H groups in total. The summed E-state index contributed by atoms with van der Waals surface area (Å²) in [6, 6.07) is -8.75. The average Bonchev–Trinajstić information content (AvgIpc) is 3.79. The number of nitrogens with zero attached hydrogens (tertiary/aromatic N) is 1. The third-order valence-corrected chi connectivity index (χ3v) is 12.1. The van der Waals surface area contributed by atoms with Crippen LogP contribution < -0.4 is 43.0 Å². The van der Waals surface area contributed by atoms with Gasteiger partial charge in [0.15, 0.2) is 0 Å². The van der Waals surface area contributed by atoms with E-state index in [0.29, 0.717) is 18.4 Å². The number of aliphatic hydroxyl groups is 2. The number of aromatic hydroxyl groups is 1. The van der Waals surface area contributed by atoms with E-state index >= 15 is 0 Å². The molecule has 26 nitrogen and oxygen atoms in total. The lowest BCUT2D eigenvalue weighted by Gasteiger charge is -2.31. The van der Waals surface area contributed by atoms with Gasteiger partial charge in [0.05, 0.1) is 31.1 Å². The zero-order valence-corrected chi connectivity index (χ0v) is 42.2. The van der Waals surface area contributed by atoms with Crippen molar-refractivity contribution in [3.8, 4) is 5.75 Å². The second kappa shape index (κ2) is 28.9. The summed E-state index contributed by atoms with van der Waals surface area (Å²) in [5.41, 5.74) is 6.41. The first kappa shape index (κ1) is 62.2. The van der Waals surface area contributed by atoms with E-state index in [2.05, 4.69) is 37.2 Å². The molecule has 0 unspecified atom stereocenters. The van der Waals surface area contributed by atoms with Crippen LogP contribution in [-0.2, 0) is 59.2 Å². The number of benzene rings is 1. The van der Waals surface area contributed by atoms with E-state index in [1.807, 2.05) is 13.8 Å². The first-order valence-corrected chi connectivity index (χ1v) is 24.0. The zero-order chi connectivity index (χ0) is 55.6. The summed E-state index contributed by atoms with van der Waals surface area (Å²) in [5.74, 6) is -14.2. The Morgan fingerprint density at radius 2 is 1.08 bits per heavy atom. The first-order chi connectivity index (χ1) is 34.0. The Labute approximate surface area is 422 Å². The molecule has 0 bridgehead atoms. The van der Waals surface area contributed by atoms with E-state index in [1.165, 1.54) is 45.0 Å². The lowest BCUT2D eigenvalue weighted by molar-refractivity contribution is -0.147. The highest BCUT2D eigenvalue weighted by atomic mass is 16.4. The molecule has 1 fully saturated rings. The van der Waals surface area contributed by atoms with E-state index in [1.54, 1.807) is 13.8 Å². The van der Waals surface area contributed by atoms with Gasteiger partial charge in [-0.15, -0.1) is 0 Å². The number of phenolic OH excluding ortho intramolecular Hbond substituents is 1. The second-order valence-corrected chi connectivity index (χ2v) is 19.1. The molecule has 26 heteroatoms. The van der Waals surface area contributed by atoms with Crippen LogP contribution in [0.5, 0.6) is 5.75 Å². The molecule has 0 spiro atoms. The number of aliphatic carboxylic acids is 3. The maximum Gasteiger partial charge on any atom is 0.326 e. The third kappa shape index (κ3) is 19.5. The van der Waals surface area contributed by atoms with E-state index in [-0.39, 0.29) is 37.5 Å². The summed E-state index contributed by atoms with van der Waals surface area (Å²) >= 11 is 0. The van der Waals surface area contributed by atoms with Crippen molar-refractivity contribution in [3.05, 3.63) is 29.8 Å². The van der Waals surface area contributed by atoms with Crippen molar-refractivity contribution in [1.82, 2.24) is 42.1 Å². The third-order valence-electron chi connectivity index (χ3n) is 12.1. The van der Waals surface area contributed by atoms with Gasteiger partial charge >= 0.3 is 17.9 Å². The molecule has 12 atom stereocenters. The summed E-state index contributed by atoms with van der Waals surface area (Å²) in [6.45, 7) is 12.3.